The Labute approximate surface area is 177 Å². The van der Waals surface area contributed by atoms with Crippen LogP contribution in [0.2, 0.25) is 0 Å². The molecule has 3 rings (SSSR count). The molecule has 30 heavy (non-hydrogen) atoms. The molecule has 0 saturated carbocycles. The van der Waals surface area contributed by atoms with E-state index in [9.17, 15) is 18.0 Å². The van der Waals surface area contributed by atoms with E-state index >= 15 is 0 Å². The van der Waals surface area contributed by atoms with Crippen molar-refractivity contribution in [3.05, 3.63) is 64.7 Å². The second-order valence-corrected chi connectivity index (χ2v) is 9.63. The zero-order valence-electron chi connectivity index (χ0n) is 17.6. The van der Waals surface area contributed by atoms with E-state index in [1.54, 1.807) is 25.1 Å². The second kappa shape index (κ2) is 9.10. The van der Waals surface area contributed by atoms with Crippen LogP contribution in [0.5, 0.6) is 0 Å². The van der Waals surface area contributed by atoms with Crippen LogP contribution in [0.15, 0.2) is 47.4 Å². The second-order valence-electron chi connectivity index (χ2n) is 7.72. The number of ether oxygens (including phenoxy) is 1. The van der Waals surface area contributed by atoms with Gasteiger partial charge in [0.2, 0.25) is 15.8 Å². The number of nitrogens with zero attached hydrogens (tertiary/aromatic N) is 1. The first-order chi connectivity index (χ1) is 14.2. The third-order valence-electron chi connectivity index (χ3n) is 5.35. The third kappa shape index (κ3) is 4.79. The van der Waals surface area contributed by atoms with E-state index in [0.717, 1.165) is 24.8 Å². The van der Waals surface area contributed by atoms with Crippen molar-refractivity contribution < 1.29 is 22.7 Å². The van der Waals surface area contributed by atoms with Crippen molar-refractivity contribution in [3.63, 3.8) is 0 Å². The molecular weight excluding hydrogens is 402 g/mol. The third-order valence-corrected chi connectivity index (χ3v) is 7.39. The maximum absolute atomic E-state index is 13.0. The summed E-state index contributed by atoms with van der Waals surface area (Å²) in [6, 6.07) is 11.5. The SMILES string of the molecule is Cc1ccc(C(=O)[C@@H](C)OC(=O)c2ccc(C)c(S(=O)(=O)N3CCCCC3)c2)cc1. The van der Waals surface area contributed by atoms with Crippen LogP contribution < -0.4 is 0 Å². The molecule has 6 nitrogen and oxygen atoms in total. The zero-order chi connectivity index (χ0) is 21.9. The molecule has 1 saturated heterocycles. The molecule has 0 amide bonds. The van der Waals surface area contributed by atoms with Gasteiger partial charge in [-0.25, -0.2) is 13.2 Å². The molecule has 160 valence electrons. The average molecular weight is 430 g/mol. The van der Waals surface area contributed by atoms with E-state index < -0.39 is 22.1 Å². The van der Waals surface area contributed by atoms with Crippen LogP contribution in [0.3, 0.4) is 0 Å². The molecule has 0 aromatic heterocycles. The summed E-state index contributed by atoms with van der Waals surface area (Å²) in [5.74, 6) is -1.03. The van der Waals surface area contributed by atoms with Crippen LogP contribution in [0.25, 0.3) is 0 Å². The first kappa shape index (κ1) is 22.2. The lowest BCUT2D eigenvalue weighted by Crippen LogP contribution is -2.36. The number of benzene rings is 2. The highest BCUT2D eigenvalue weighted by atomic mass is 32.2. The molecule has 2 aromatic rings. The predicted molar refractivity (Wildman–Crippen MR) is 114 cm³/mol. The van der Waals surface area contributed by atoms with Gasteiger partial charge in [-0.3, -0.25) is 4.79 Å². The van der Waals surface area contributed by atoms with Gasteiger partial charge in [0.15, 0.2) is 6.10 Å². The molecule has 1 atom stereocenters. The lowest BCUT2D eigenvalue weighted by atomic mass is 10.1. The molecule has 1 heterocycles. The molecule has 1 aliphatic heterocycles. The number of aryl methyl sites for hydroxylation is 2. The molecule has 1 aliphatic rings. The maximum atomic E-state index is 13.0. The first-order valence-electron chi connectivity index (χ1n) is 10.1. The van der Waals surface area contributed by atoms with Crippen molar-refractivity contribution >= 4 is 21.8 Å². The van der Waals surface area contributed by atoms with E-state index in [1.165, 1.54) is 23.4 Å². The molecular formula is C23H27NO5S. The predicted octanol–water partition coefficient (Wildman–Crippen LogP) is 3.91. The van der Waals surface area contributed by atoms with Crippen LogP contribution in [0.4, 0.5) is 0 Å². The number of rotatable bonds is 6. The van der Waals surface area contributed by atoms with Gasteiger partial charge >= 0.3 is 5.97 Å². The van der Waals surface area contributed by atoms with E-state index in [2.05, 4.69) is 0 Å². The maximum Gasteiger partial charge on any atom is 0.338 e. The smallest absolute Gasteiger partial charge is 0.338 e. The summed E-state index contributed by atoms with van der Waals surface area (Å²) in [6.45, 7) is 6.11. The molecule has 0 unspecified atom stereocenters. The molecule has 0 aliphatic carbocycles. The quantitative estimate of drug-likeness (QED) is 0.514. The van der Waals surface area contributed by atoms with E-state index in [-0.39, 0.29) is 16.2 Å². The fraction of sp³-hybridized carbons (Fsp3) is 0.391. The highest BCUT2D eigenvalue weighted by Gasteiger charge is 2.29. The lowest BCUT2D eigenvalue weighted by Gasteiger charge is -2.26. The minimum atomic E-state index is -3.68. The number of carbonyl (C=O) groups excluding carboxylic acids is 2. The number of ketones is 1. The van der Waals surface area contributed by atoms with Gasteiger partial charge in [-0.1, -0.05) is 42.3 Å². The Morgan fingerprint density at radius 2 is 1.53 bits per heavy atom. The number of carbonyl (C=O) groups is 2. The van der Waals surface area contributed by atoms with Crippen LogP contribution in [0.1, 0.15) is 58.0 Å². The van der Waals surface area contributed by atoms with Crippen molar-refractivity contribution in [3.8, 4) is 0 Å². The van der Waals surface area contributed by atoms with Gasteiger partial charge in [-0.15, -0.1) is 0 Å². The highest BCUT2D eigenvalue weighted by Crippen LogP contribution is 2.25. The number of sulfonamides is 1. The molecule has 7 heteroatoms. The Bertz CT molecular complexity index is 1040. The first-order valence-corrected chi connectivity index (χ1v) is 11.6. The molecule has 1 fully saturated rings. The number of hydrogen-bond donors (Lipinski definition) is 0. The lowest BCUT2D eigenvalue weighted by molar-refractivity contribution is 0.0318. The van der Waals surface area contributed by atoms with E-state index in [4.69, 9.17) is 4.74 Å². The summed E-state index contributed by atoms with van der Waals surface area (Å²) in [6.07, 6.45) is 1.70. The van der Waals surface area contributed by atoms with Crippen LogP contribution >= 0.6 is 0 Å². The van der Waals surface area contributed by atoms with Crippen molar-refractivity contribution in [2.45, 2.75) is 51.0 Å². The molecule has 0 spiro atoms. The molecule has 0 N–H and O–H groups in total. The Morgan fingerprint density at radius 1 is 0.933 bits per heavy atom. The fourth-order valence-corrected chi connectivity index (χ4v) is 5.25. The van der Waals surface area contributed by atoms with Gasteiger partial charge in [0.05, 0.1) is 10.5 Å². The van der Waals surface area contributed by atoms with E-state index in [0.29, 0.717) is 24.2 Å². The normalized spacial score (nSPS) is 16.1. The fourth-order valence-electron chi connectivity index (χ4n) is 3.48. The summed E-state index contributed by atoms with van der Waals surface area (Å²) in [5.41, 5.74) is 2.16. The van der Waals surface area contributed by atoms with Gasteiger partial charge in [0, 0.05) is 18.7 Å². The Kier molecular flexibility index (Phi) is 6.73. The van der Waals surface area contributed by atoms with Crippen LogP contribution in [-0.4, -0.2) is 43.7 Å². The Balaban J connectivity index is 1.78. The monoisotopic (exact) mass is 429 g/mol. The molecule has 0 bridgehead atoms. The molecule has 0 radical (unpaired) electrons. The Hall–Kier alpha value is -2.51. The van der Waals surface area contributed by atoms with Crippen LogP contribution in [0, 0.1) is 13.8 Å². The number of esters is 1. The van der Waals surface area contributed by atoms with Gasteiger partial charge in [0.1, 0.15) is 0 Å². The van der Waals surface area contributed by atoms with Crippen molar-refractivity contribution in [1.82, 2.24) is 4.31 Å². The number of Topliss-reactive ketones (excluding diaryl/α,β-unsaturated/α-hetero) is 1. The average Bonchev–Trinajstić information content (AvgIpc) is 2.74. The van der Waals surface area contributed by atoms with Gasteiger partial charge in [-0.05, 0) is 51.3 Å². The van der Waals surface area contributed by atoms with Gasteiger partial charge in [0.25, 0.3) is 0 Å². The summed E-state index contributed by atoms with van der Waals surface area (Å²) in [4.78, 5) is 25.3. The number of hydrogen-bond acceptors (Lipinski definition) is 5. The minimum absolute atomic E-state index is 0.108. The largest absolute Gasteiger partial charge is 0.451 e. The topological polar surface area (TPSA) is 80.8 Å². The van der Waals surface area contributed by atoms with Gasteiger partial charge in [-0.2, -0.15) is 4.31 Å². The van der Waals surface area contributed by atoms with Crippen LogP contribution in [-0.2, 0) is 14.8 Å². The summed E-state index contributed by atoms with van der Waals surface area (Å²) >= 11 is 0. The standard InChI is InChI=1S/C23H27NO5S/c1-16-7-10-19(11-8-16)22(25)18(3)29-23(26)20-12-9-17(2)21(15-20)30(27,28)24-13-5-4-6-14-24/h7-12,15,18H,4-6,13-14H2,1-3H3/t18-/m1/s1. The van der Waals surface area contributed by atoms with Crippen molar-refractivity contribution in [2.24, 2.45) is 0 Å². The summed E-state index contributed by atoms with van der Waals surface area (Å²) in [7, 11) is -3.68. The Morgan fingerprint density at radius 3 is 2.17 bits per heavy atom. The number of piperidine rings is 1. The van der Waals surface area contributed by atoms with Gasteiger partial charge < -0.3 is 4.74 Å². The molecule has 2 aromatic carbocycles. The van der Waals surface area contributed by atoms with E-state index in [1.807, 2.05) is 19.1 Å². The highest BCUT2D eigenvalue weighted by molar-refractivity contribution is 7.89. The summed E-state index contributed by atoms with van der Waals surface area (Å²) in [5, 5.41) is 0. The summed E-state index contributed by atoms with van der Waals surface area (Å²) < 4.78 is 32.9. The van der Waals surface area contributed by atoms with Crippen molar-refractivity contribution in [2.75, 3.05) is 13.1 Å². The minimum Gasteiger partial charge on any atom is -0.451 e. The zero-order valence-corrected chi connectivity index (χ0v) is 18.4. The van der Waals surface area contributed by atoms with Crippen molar-refractivity contribution in [1.29, 1.82) is 0 Å².